The first-order valence-corrected chi connectivity index (χ1v) is 8.02. The van der Waals surface area contributed by atoms with Gasteiger partial charge in [-0.25, -0.2) is 4.98 Å². The monoisotopic (exact) mass is 302 g/mol. The van der Waals surface area contributed by atoms with Crippen molar-refractivity contribution in [3.63, 3.8) is 0 Å². The Bertz CT molecular complexity index is 659. The van der Waals surface area contributed by atoms with Crippen LogP contribution in [0.2, 0.25) is 0 Å². The molecule has 0 atom stereocenters. The van der Waals surface area contributed by atoms with E-state index in [-0.39, 0.29) is 5.91 Å². The largest absolute Gasteiger partial charge is 0.325 e. The van der Waals surface area contributed by atoms with Crippen LogP contribution in [0.25, 0.3) is 0 Å². The third kappa shape index (κ3) is 3.70. The number of aromatic nitrogens is 1. The van der Waals surface area contributed by atoms with Crippen molar-refractivity contribution in [1.82, 2.24) is 4.98 Å². The number of benzene rings is 1. The fourth-order valence-electron chi connectivity index (χ4n) is 2.41. The molecule has 0 aliphatic carbocycles. The lowest BCUT2D eigenvalue weighted by Gasteiger charge is -2.16. The Kier molecular flexibility index (Phi) is 4.78. The van der Waals surface area contributed by atoms with Crippen molar-refractivity contribution in [2.75, 3.05) is 5.32 Å². The van der Waals surface area contributed by atoms with Gasteiger partial charge in [0.05, 0.1) is 17.1 Å². The van der Waals surface area contributed by atoms with Crippen LogP contribution in [0.1, 0.15) is 46.5 Å². The van der Waals surface area contributed by atoms with E-state index in [0.29, 0.717) is 12.3 Å². The number of amides is 1. The van der Waals surface area contributed by atoms with Gasteiger partial charge in [-0.05, 0) is 37.8 Å². The molecule has 1 heterocycles. The fraction of sp³-hybridized carbons (Fsp3) is 0.412. The molecule has 112 valence electrons. The highest BCUT2D eigenvalue weighted by molar-refractivity contribution is 7.11. The van der Waals surface area contributed by atoms with Crippen LogP contribution in [-0.2, 0) is 11.2 Å². The first-order chi connectivity index (χ1) is 9.88. The van der Waals surface area contributed by atoms with E-state index in [0.717, 1.165) is 26.8 Å². The molecule has 1 amide bonds. The highest BCUT2D eigenvalue weighted by atomic mass is 32.1. The number of hydrogen-bond acceptors (Lipinski definition) is 3. The van der Waals surface area contributed by atoms with Gasteiger partial charge in [0.15, 0.2) is 0 Å². The maximum absolute atomic E-state index is 12.3. The van der Waals surface area contributed by atoms with E-state index in [1.165, 1.54) is 5.56 Å². The van der Waals surface area contributed by atoms with Gasteiger partial charge in [-0.15, -0.1) is 11.3 Å². The summed E-state index contributed by atoms with van der Waals surface area (Å²) in [5.41, 5.74) is 4.20. The second kappa shape index (κ2) is 6.39. The van der Waals surface area contributed by atoms with Crippen molar-refractivity contribution in [2.24, 2.45) is 0 Å². The van der Waals surface area contributed by atoms with E-state index in [2.05, 4.69) is 30.2 Å². The molecule has 0 saturated heterocycles. The lowest BCUT2D eigenvalue weighted by molar-refractivity contribution is -0.115. The zero-order valence-corrected chi connectivity index (χ0v) is 14.1. The molecule has 3 nitrogen and oxygen atoms in total. The molecule has 0 fully saturated rings. The minimum Gasteiger partial charge on any atom is -0.325 e. The summed E-state index contributed by atoms with van der Waals surface area (Å²) in [6.45, 7) is 10.2. The fourth-order valence-corrected chi connectivity index (χ4v) is 3.35. The van der Waals surface area contributed by atoms with E-state index in [1.807, 2.05) is 32.9 Å². The number of nitrogens with one attached hydrogen (secondary N) is 1. The summed E-state index contributed by atoms with van der Waals surface area (Å²) in [5.74, 6) is 0.408. The molecule has 0 bridgehead atoms. The van der Waals surface area contributed by atoms with Crippen LogP contribution in [0, 0.1) is 20.8 Å². The minimum atomic E-state index is 0.0259. The van der Waals surface area contributed by atoms with E-state index < -0.39 is 0 Å². The summed E-state index contributed by atoms with van der Waals surface area (Å²) in [7, 11) is 0. The maximum Gasteiger partial charge on any atom is 0.229 e. The third-order valence-electron chi connectivity index (χ3n) is 3.51. The first-order valence-electron chi connectivity index (χ1n) is 7.20. The number of anilines is 1. The number of rotatable bonds is 4. The van der Waals surface area contributed by atoms with Crippen LogP contribution >= 0.6 is 11.3 Å². The number of nitrogens with zero attached hydrogens (tertiary/aromatic N) is 1. The van der Waals surface area contributed by atoms with Crippen LogP contribution in [-0.4, -0.2) is 10.9 Å². The summed E-state index contributed by atoms with van der Waals surface area (Å²) in [4.78, 5) is 17.8. The molecule has 1 aromatic heterocycles. The van der Waals surface area contributed by atoms with Crippen LogP contribution in [0.15, 0.2) is 18.2 Å². The minimum absolute atomic E-state index is 0.0259. The molecule has 1 N–H and O–H groups in total. The van der Waals surface area contributed by atoms with Gasteiger partial charge in [0.1, 0.15) is 0 Å². The van der Waals surface area contributed by atoms with Crippen molar-refractivity contribution in [1.29, 1.82) is 0 Å². The van der Waals surface area contributed by atoms with Gasteiger partial charge in [-0.3, -0.25) is 4.79 Å². The molecule has 2 aromatic rings. The summed E-state index contributed by atoms with van der Waals surface area (Å²) < 4.78 is 0. The number of carbonyl (C=O) groups excluding carboxylic acids is 1. The average Bonchev–Trinajstić information content (AvgIpc) is 2.70. The Morgan fingerprint density at radius 2 is 2.00 bits per heavy atom. The lowest BCUT2D eigenvalue weighted by Crippen LogP contribution is -2.16. The molecule has 4 heteroatoms. The Balaban J connectivity index is 2.18. The van der Waals surface area contributed by atoms with E-state index in [4.69, 9.17) is 0 Å². The Morgan fingerprint density at radius 1 is 1.29 bits per heavy atom. The second-order valence-corrected chi connectivity index (χ2v) is 6.95. The molecule has 0 spiro atoms. The topological polar surface area (TPSA) is 42.0 Å². The van der Waals surface area contributed by atoms with Gasteiger partial charge in [-0.1, -0.05) is 32.0 Å². The molecule has 21 heavy (non-hydrogen) atoms. The van der Waals surface area contributed by atoms with Crippen molar-refractivity contribution in [3.8, 4) is 0 Å². The molecule has 0 saturated carbocycles. The quantitative estimate of drug-likeness (QED) is 0.911. The Labute approximate surface area is 130 Å². The average molecular weight is 302 g/mol. The SMILES string of the molecule is Cc1nc(C)c(CC(=O)Nc2c(C)cccc2C(C)C)s1. The van der Waals surface area contributed by atoms with E-state index in [9.17, 15) is 4.79 Å². The third-order valence-corrected chi connectivity index (χ3v) is 4.59. The number of carbonyl (C=O) groups is 1. The highest BCUT2D eigenvalue weighted by Gasteiger charge is 2.14. The smallest absolute Gasteiger partial charge is 0.229 e. The van der Waals surface area contributed by atoms with Gasteiger partial charge >= 0.3 is 0 Å². The second-order valence-electron chi connectivity index (χ2n) is 5.66. The van der Waals surface area contributed by atoms with E-state index in [1.54, 1.807) is 11.3 Å². The predicted octanol–water partition coefficient (Wildman–Crippen LogP) is 4.37. The van der Waals surface area contributed by atoms with Crippen LogP contribution in [0.3, 0.4) is 0 Å². The molecular weight excluding hydrogens is 280 g/mol. The van der Waals surface area contributed by atoms with E-state index >= 15 is 0 Å². The first kappa shape index (κ1) is 15.7. The molecule has 0 radical (unpaired) electrons. The number of aryl methyl sites for hydroxylation is 3. The van der Waals surface area contributed by atoms with Crippen molar-refractivity contribution >= 4 is 22.9 Å². The molecule has 0 aliphatic rings. The zero-order chi connectivity index (χ0) is 15.6. The summed E-state index contributed by atoms with van der Waals surface area (Å²) >= 11 is 1.60. The molecule has 2 rings (SSSR count). The molecule has 0 aliphatic heterocycles. The summed E-state index contributed by atoms with van der Waals surface area (Å²) in [6.07, 6.45) is 0.392. The van der Waals surface area contributed by atoms with Crippen LogP contribution < -0.4 is 5.32 Å². The van der Waals surface area contributed by atoms with Gasteiger partial charge in [0.25, 0.3) is 0 Å². The maximum atomic E-state index is 12.3. The lowest BCUT2D eigenvalue weighted by atomic mass is 9.98. The Morgan fingerprint density at radius 3 is 2.57 bits per heavy atom. The number of thiazole rings is 1. The zero-order valence-electron chi connectivity index (χ0n) is 13.3. The molecular formula is C17H22N2OS. The van der Waals surface area contributed by atoms with Crippen molar-refractivity contribution < 1.29 is 4.79 Å². The molecule has 0 unspecified atom stereocenters. The predicted molar refractivity (Wildman–Crippen MR) is 89.2 cm³/mol. The number of para-hydroxylation sites is 1. The van der Waals surface area contributed by atoms with Gasteiger partial charge < -0.3 is 5.32 Å². The summed E-state index contributed by atoms with van der Waals surface area (Å²) in [5, 5.41) is 4.09. The van der Waals surface area contributed by atoms with Crippen LogP contribution in [0.5, 0.6) is 0 Å². The van der Waals surface area contributed by atoms with Gasteiger partial charge in [0, 0.05) is 10.6 Å². The normalized spacial score (nSPS) is 11.0. The standard InChI is InChI=1S/C17H22N2OS/c1-10(2)14-8-6-7-11(3)17(14)19-16(20)9-15-12(4)18-13(5)21-15/h6-8,10H,9H2,1-5H3,(H,19,20). The van der Waals surface area contributed by atoms with Crippen LogP contribution in [0.4, 0.5) is 5.69 Å². The summed E-state index contributed by atoms with van der Waals surface area (Å²) in [6, 6.07) is 6.15. The number of hydrogen-bond donors (Lipinski definition) is 1. The van der Waals surface area contributed by atoms with Gasteiger partial charge in [0.2, 0.25) is 5.91 Å². The molecule has 1 aromatic carbocycles. The van der Waals surface area contributed by atoms with Crippen molar-refractivity contribution in [2.45, 2.75) is 47.0 Å². The highest BCUT2D eigenvalue weighted by Crippen LogP contribution is 2.28. The Hall–Kier alpha value is -1.68. The van der Waals surface area contributed by atoms with Crippen molar-refractivity contribution in [3.05, 3.63) is 44.9 Å². The van der Waals surface area contributed by atoms with Gasteiger partial charge in [-0.2, -0.15) is 0 Å².